The van der Waals surface area contributed by atoms with Gasteiger partial charge in [0.25, 0.3) is 0 Å². The second kappa shape index (κ2) is 17.4. The van der Waals surface area contributed by atoms with Crippen LogP contribution in [0.3, 0.4) is 0 Å². The van der Waals surface area contributed by atoms with Crippen molar-refractivity contribution in [3.05, 3.63) is 108 Å². The van der Waals surface area contributed by atoms with Crippen molar-refractivity contribution in [3.8, 4) is 33.4 Å². The molecule has 8 rings (SSSR count). The fourth-order valence-electron chi connectivity index (χ4n) is 8.43. The molecule has 5 aromatic rings. The summed E-state index contributed by atoms with van der Waals surface area (Å²) in [5.74, 6) is 2.86. The monoisotopic (exact) mass is 744 g/mol. The van der Waals surface area contributed by atoms with Gasteiger partial charge in [0, 0.05) is 38.7 Å². The van der Waals surface area contributed by atoms with Gasteiger partial charge in [-0.05, 0) is 143 Å². The number of carbonyl (C=O) groups is 1. The van der Waals surface area contributed by atoms with Gasteiger partial charge < -0.3 is 18.9 Å². The summed E-state index contributed by atoms with van der Waals surface area (Å²) in [6.45, 7) is 6.71. The number of likely N-dealkylation sites (tertiary alicyclic amines) is 2. The third-order valence-corrected chi connectivity index (χ3v) is 12.6. The van der Waals surface area contributed by atoms with E-state index in [-0.39, 0.29) is 11.9 Å². The highest BCUT2D eigenvalue weighted by Crippen LogP contribution is 2.43. The molecule has 0 bridgehead atoms. The average Bonchev–Trinajstić information content (AvgIpc) is 3.89. The summed E-state index contributed by atoms with van der Waals surface area (Å²) < 4.78 is 26.0. The lowest BCUT2D eigenvalue weighted by Gasteiger charge is -2.41. The average molecular weight is 745 g/mol. The number of thiophene rings is 1. The number of ketones is 1. The molecular formula is C46H52N2O5S. The zero-order valence-electron chi connectivity index (χ0n) is 31.5. The maximum absolute atomic E-state index is 14.7. The van der Waals surface area contributed by atoms with Gasteiger partial charge >= 0.3 is 0 Å². The second-order valence-corrected chi connectivity index (χ2v) is 16.0. The highest BCUT2D eigenvalue weighted by Gasteiger charge is 2.33. The number of hydrogen-bond acceptors (Lipinski definition) is 8. The Morgan fingerprint density at radius 1 is 0.741 bits per heavy atom. The van der Waals surface area contributed by atoms with E-state index < -0.39 is 0 Å². The third-order valence-electron chi connectivity index (χ3n) is 11.4. The van der Waals surface area contributed by atoms with E-state index in [1.165, 1.54) is 51.4 Å². The first-order valence-electron chi connectivity index (χ1n) is 20.0. The number of benzene rings is 4. The van der Waals surface area contributed by atoms with E-state index >= 15 is 0 Å². The van der Waals surface area contributed by atoms with Crippen molar-refractivity contribution in [2.24, 2.45) is 0 Å². The molecule has 54 heavy (non-hydrogen) atoms. The standard InChI is InChI=1S/C46H52N2O5S/c1-50-42-30-35(18-23-41(42)53-40-15-7-6-14-39(40)48-26-8-3-9-27-48)45(49)44-38-22-21-37(52-32-33-12-4-2-5-13-33)31-43(38)54-46(44)34-16-19-36(20-17-34)51-29-28-47-24-10-11-25-47/h2,4-5,12-13,16-23,30-31,39-40H,3,6-11,14-15,24-29,32H2,1H3/t39-,40-/m0/s1. The molecule has 1 saturated carbocycles. The topological polar surface area (TPSA) is 60.5 Å². The van der Waals surface area contributed by atoms with Crippen molar-refractivity contribution in [2.45, 2.75) is 76.5 Å². The minimum Gasteiger partial charge on any atom is -0.493 e. The molecule has 0 spiro atoms. The van der Waals surface area contributed by atoms with Gasteiger partial charge in [-0.25, -0.2) is 0 Å². The van der Waals surface area contributed by atoms with Crippen molar-refractivity contribution >= 4 is 27.2 Å². The van der Waals surface area contributed by atoms with Gasteiger partial charge in [0.1, 0.15) is 30.8 Å². The van der Waals surface area contributed by atoms with Crippen LogP contribution in [0, 0.1) is 0 Å². The molecule has 3 aliphatic rings. The molecule has 2 saturated heterocycles. The van der Waals surface area contributed by atoms with Crippen molar-refractivity contribution in [2.75, 3.05) is 46.4 Å². The fraction of sp³-hybridized carbons (Fsp3) is 0.413. The minimum atomic E-state index is -0.0474. The number of methoxy groups -OCH3 is 1. The van der Waals surface area contributed by atoms with Gasteiger partial charge in [0.05, 0.1) is 7.11 Å². The maximum Gasteiger partial charge on any atom is 0.195 e. The van der Waals surface area contributed by atoms with E-state index in [1.54, 1.807) is 18.4 Å². The lowest BCUT2D eigenvalue weighted by molar-refractivity contribution is 0.0248. The zero-order valence-corrected chi connectivity index (χ0v) is 32.3. The van der Waals surface area contributed by atoms with Crippen molar-refractivity contribution in [1.82, 2.24) is 9.80 Å². The summed E-state index contributed by atoms with van der Waals surface area (Å²) in [6, 6.07) is 30.5. The number of nitrogens with zero attached hydrogens (tertiary/aromatic N) is 2. The zero-order chi connectivity index (χ0) is 36.7. The van der Waals surface area contributed by atoms with Crippen molar-refractivity contribution in [1.29, 1.82) is 0 Å². The summed E-state index contributed by atoms with van der Waals surface area (Å²) in [5.41, 5.74) is 3.34. The van der Waals surface area contributed by atoms with Crippen LogP contribution in [-0.2, 0) is 6.61 Å². The molecule has 0 radical (unpaired) electrons. The summed E-state index contributed by atoms with van der Waals surface area (Å²) >= 11 is 1.62. The smallest absolute Gasteiger partial charge is 0.195 e. The molecule has 0 unspecified atom stereocenters. The quantitative estimate of drug-likeness (QED) is 0.105. The van der Waals surface area contributed by atoms with Gasteiger partial charge in [0.2, 0.25) is 0 Å². The Morgan fingerprint density at radius 2 is 1.50 bits per heavy atom. The Bertz CT molecular complexity index is 2000. The molecule has 8 heteroatoms. The molecule has 2 aliphatic heterocycles. The Labute approximate surface area is 323 Å². The number of ether oxygens (including phenoxy) is 4. The third kappa shape index (κ3) is 8.46. The van der Waals surface area contributed by atoms with E-state index in [0.29, 0.717) is 41.9 Å². The maximum atomic E-state index is 14.7. The van der Waals surface area contributed by atoms with E-state index in [1.807, 2.05) is 60.7 Å². The van der Waals surface area contributed by atoms with Crippen molar-refractivity contribution < 1.29 is 23.7 Å². The van der Waals surface area contributed by atoms with E-state index in [9.17, 15) is 4.79 Å². The molecule has 4 aromatic carbocycles. The van der Waals surface area contributed by atoms with Crippen LogP contribution < -0.4 is 18.9 Å². The summed E-state index contributed by atoms with van der Waals surface area (Å²) in [4.78, 5) is 20.7. The van der Waals surface area contributed by atoms with E-state index in [4.69, 9.17) is 18.9 Å². The highest BCUT2D eigenvalue weighted by molar-refractivity contribution is 7.22. The molecule has 1 aromatic heterocycles. The lowest BCUT2D eigenvalue weighted by Crippen LogP contribution is -2.49. The first-order valence-corrected chi connectivity index (χ1v) is 20.8. The van der Waals surface area contributed by atoms with E-state index in [2.05, 4.69) is 40.1 Å². The van der Waals surface area contributed by atoms with Gasteiger partial charge in [-0.1, -0.05) is 43.2 Å². The van der Waals surface area contributed by atoms with Crippen LogP contribution in [0.25, 0.3) is 20.5 Å². The molecular weight excluding hydrogens is 693 g/mol. The number of carbonyl (C=O) groups excluding carboxylic acids is 1. The molecule has 1 aliphatic carbocycles. The van der Waals surface area contributed by atoms with Crippen molar-refractivity contribution in [3.63, 3.8) is 0 Å². The first-order chi connectivity index (χ1) is 26.6. The Kier molecular flexibility index (Phi) is 11.8. The summed E-state index contributed by atoms with van der Waals surface area (Å²) in [6.07, 6.45) is 11.1. The number of rotatable bonds is 14. The molecule has 2 atom stereocenters. The van der Waals surface area contributed by atoms with Crippen LogP contribution in [0.4, 0.5) is 0 Å². The van der Waals surface area contributed by atoms with Crippen LogP contribution in [-0.4, -0.2) is 74.2 Å². The van der Waals surface area contributed by atoms with E-state index in [0.717, 1.165) is 76.7 Å². The number of piperidine rings is 1. The van der Waals surface area contributed by atoms with Crippen LogP contribution in [0.5, 0.6) is 23.0 Å². The SMILES string of the molecule is COc1cc(C(=O)c2c(-c3ccc(OCCN4CCCC4)cc3)sc3cc(OCc4ccccc4)ccc23)ccc1O[C@H]1CCCC[C@@H]1N1CCCCC1. The number of fused-ring (bicyclic) bond motifs is 1. The lowest BCUT2D eigenvalue weighted by atomic mass is 9.90. The summed E-state index contributed by atoms with van der Waals surface area (Å²) in [7, 11) is 1.66. The Morgan fingerprint density at radius 3 is 2.30 bits per heavy atom. The van der Waals surface area contributed by atoms with Gasteiger partial charge in [-0.15, -0.1) is 11.3 Å². The molecule has 0 N–H and O–H groups in total. The second-order valence-electron chi connectivity index (χ2n) is 15.0. The van der Waals surface area contributed by atoms with Gasteiger partial charge in [0.15, 0.2) is 17.3 Å². The normalized spacial score (nSPS) is 19.5. The number of hydrogen-bond donors (Lipinski definition) is 0. The Balaban J connectivity index is 1.07. The van der Waals surface area contributed by atoms with Crippen LogP contribution in [0.2, 0.25) is 0 Å². The predicted molar refractivity (Wildman–Crippen MR) is 218 cm³/mol. The predicted octanol–water partition coefficient (Wildman–Crippen LogP) is 10.0. The van der Waals surface area contributed by atoms with Gasteiger partial charge in [-0.2, -0.15) is 0 Å². The molecule has 3 fully saturated rings. The van der Waals surface area contributed by atoms with Gasteiger partial charge in [-0.3, -0.25) is 14.6 Å². The fourth-order valence-corrected chi connectivity index (χ4v) is 9.67. The Hall–Kier alpha value is -4.37. The molecule has 3 heterocycles. The minimum absolute atomic E-state index is 0.0474. The first kappa shape index (κ1) is 36.6. The molecule has 0 amide bonds. The van der Waals surface area contributed by atoms with Crippen LogP contribution in [0.1, 0.15) is 79.3 Å². The molecule has 7 nitrogen and oxygen atoms in total. The largest absolute Gasteiger partial charge is 0.493 e. The molecule has 282 valence electrons. The summed E-state index contributed by atoms with van der Waals surface area (Å²) in [5, 5.41) is 0.906. The highest BCUT2D eigenvalue weighted by atomic mass is 32.1. The van der Waals surface area contributed by atoms with Crippen LogP contribution in [0.15, 0.2) is 91.0 Å². The van der Waals surface area contributed by atoms with Crippen LogP contribution >= 0.6 is 11.3 Å².